The van der Waals surface area contributed by atoms with Gasteiger partial charge in [0.25, 0.3) is 0 Å². The quantitative estimate of drug-likeness (QED) is 0.810. The van der Waals surface area contributed by atoms with Gasteiger partial charge in [0.1, 0.15) is 0 Å². The average molecular weight is 312 g/mol. The maximum atomic E-state index is 12.0. The van der Waals surface area contributed by atoms with E-state index in [4.69, 9.17) is 0 Å². The number of benzene rings is 2. The molecule has 0 saturated heterocycles. The first kappa shape index (κ1) is 15.8. The summed E-state index contributed by atoms with van der Waals surface area (Å²) in [5, 5.41) is 17.8. The Morgan fingerprint density at radius 1 is 1.22 bits per heavy atom. The molecular formula is C19H24N2O2. The summed E-state index contributed by atoms with van der Waals surface area (Å²) in [4.78, 5) is 12.0. The van der Waals surface area contributed by atoms with E-state index in [1.807, 2.05) is 19.1 Å². The average Bonchev–Trinajstić information content (AvgIpc) is 2.98. The van der Waals surface area contributed by atoms with Gasteiger partial charge in [-0.2, -0.15) is 0 Å². The fourth-order valence-corrected chi connectivity index (χ4v) is 3.28. The molecule has 2 amide bonds. The molecule has 3 N–H and O–H groups in total. The van der Waals surface area contributed by atoms with Crippen LogP contribution in [-0.2, 0) is 0 Å². The lowest BCUT2D eigenvalue weighted by Crippen LogP contribution is -2.39. The smallest absolute Gasteiger partial charge is 0.315 e. The summed E-state index contributed by atoms with van der Waals surface area (Å²) in [5.41, 5.74) is 1.09. The van der Waals surface area contributed by atoms with Crippen molar-refractivity contribution in [3.8, 4) is 0 Å². The van der Waals surface area contributed by atoms with E-state index in [9.17, 15) is 9.90 Å². The number of nitrogens with one attached hydrogen (secondary N) is 2. The number of carbonyl (C=O) groups excluding carboxylic acids is 1. The molecule has 1 aliphatic carbocycles. The predicted molar refractivity (Wildman–Crippen MR) is 92.2 cm³/mol. The van der Waals surface area contributed by atoms with Gasteiger partial charge in [-0.25, -0.2) is 4.79 Å². The van der Waals surface area contributed by atoms with Gasteiger partial charge in [-0.1, -0.05) is 36.4 Å². The third-order valence-electron chi connectivity index (χ3n) is 4.69. The molecule has 1 fully saturated rings. The lowest BCUT2D eigenvalue weighted by molar-refractivity contribution is 0.177. The maximum absolute atomic E-state index is 12.0. The Hall–Kier alpha value is -2.07. The Balaban J connectivity index is 1.54. The van der Waals surface area contributed by atoms with Crippen LogP contribution in [0.1, 0.15) is 37.8 Å². The lowest BCUT2D eigenvalue weighted by atomic mass is 10.0. The van der Waals surface area contributed by atoms with Gasteiger partial charge in [0.2, 0.25) is 0 Å². The SMILES string of the molecule is C[C@H](NC(=O)NC[C@H]1CC[C@@H](O)C1)c1ccc2ccccc2c1. The summed E-state index contributed by atoms with van der Waals surface area (Å²) in [5.74, 6) is 0.395. The maximum Gasteiger partial charge on any atom is 0.315 e. The summed E-state index contributed by atoms with van der Waals surface area (Å²) in [7, 11) is 0. The monoisotopic (exact) mass is 312 g/mol. The second kappa shape index (κ2) is 7.01. The Kier molecular flexibility index (Phi) is 4.82. The molecule has 0 bridgehead atoms. The van der Waals surface area contributed by atoms with Crippen molar-refractivity contribution in [2.24, 2.45) is 5.92 Å². The van der Waals surface area contributed by atoms with E-state index in [2.05, 4.69) is 41.0 Å². The second-order valence-corrected chi connectivity index (χ2v) is 6.52. The molecule has 0 spiro atoms. The van der Waals surface area contributed by atoms with E-state index >= 15 is 0 Å². The van der Waals surface area contributed by atoms with Crippen LogP contribution in [0, 0.1) is 5.92 Å². The van der Waals surface area contributed by atoms with Crippen molar-refractivity contribution in [1.82, 2.24) is 10.6 Å². The minimum Gasteiger partial charge on any atom is -0.393 e. The van der Waals surface area contributed by atoms with Crippen LogP contribution in [0.4, 0.5) is 4.79 Å². The Bertz CT molecular complexity index is 686. The van der Waals surface area contributed by atoms with E-state index < -0.39 is 0 Å². The molecule has 4 nitrogen and oxygen atoms in total. The van der Waals surface area contributed by atoms with E-state index in [-0.39, 0.29) is 18.2 Å². The molecule has 23 heavy (non-hydrogen) atoms. The van der Waals surface area contributed by atoms with Crippen LogP contribution < -0.4 is 10.6 Å². The fourth-order valence-electron chi connectivity index (χ4n) is 3.28. The summed E-state index contributed by atoms with van der Waals surface area (Å²) in [6, 6.07) is 14.3. The number of urea groups is 1. The van der Waals surface area contributed by atoms with E-state index in [1.165, 1.54) is 10.8 Å². The molecule has 1 aliphatic rings. The number of aliphatic hydroxyl groups excluding tert-OH is 1. The highest BCUT2D eigenvalue weighted by Crippen LogP contribution is 2.24. The molecule has 0 unspecified atom stereocenters. The normalized spacial score (nSPS) is 22.0. The zero-order valence-electron chi connectivity index (χ0n) is 13.5. The van der Waals surface area contributed by atoms with Crippen molar-refractivity contribution in [1.29, 1.82) is 0 Å². The Labute approximate surface area is 136 Å². The van der Waals surface area contributed by atoms with Crippen molar-refractivity contribution >= 4 is 16.8 Å². The summed E-state index contributed by atoms with van der Waals surface area (Å²) in [6.45, 7) is 2.62. The van der Waals surface area contributed by atoms with E-state index in [0.29, 0.717) is 12.5 Å². The zero-order chi connectivity index (χ0) is 16.2. The molecule has 0 radical (unpaired) electrons. The minimum atomic E-state index is -0.193. The predicted octanol–water partition coefficient (Wildman–Crippen LogP) is 3.36. The number of hydrogen-bond acceptors (Lipinski definition) is 2. The number of carbonyl (C=O) groups is 1. The first-order valence-corrected chi connectivity index (χ1v) is 8.33. The van der Waals surface area contributed by atoms with Gasteiger partial charge in [0, 0.05) is 6.54 Å². The van der Waals surface area contributed by atoms with Gasteiger partial charge in [0.05, 0.1) is 12.1 Å². The van der Waals surface area contributed by atoms with Gasteiger partial charge in [0.15, 0.2) is 0 Å². The second-order valence-electron chi connectivity index (χ2n) is 6.52. The molecule has 1 saturated carbocycles. The van der Waals surface area contributed by atoms with Crippen molar-refractivity contribution in [3.63, 3.8) is 0 Å². The standard InChI is InChI=1S/C19H24N2O2/c1-13(16-8-7-15-4-2-3-5-17(15)11-16)21-19(23)20-12-14-6-9-18(22)10-14/h2-5,7-8,11,13-14,18,22H,6,9-10,12H2,1H3,(H2,20,21,23)/t13-,14-,18+/m0/s1. The van der Waals surface area contributed by atoms with Crippen LogP contribution in [0.25, 0.3) is 10.8 Å². The van der Waals surface area contributed by atoms with Gasteiger partial charge >= 0.3 is 6.03 Å². The third kappa shape index (κ3) is 4.02. The zero-order valence-corrected chi connectivity index (χ0v) is 13.5. The van der Waals surface area contributed by atoms with E-state index in [1.54, 1.807) is 0 Å². The van der Waals surface area contributed by atoms with Crippen molar-refractivity contribution in [2.75, 3.05) is 6.54 Å². The molecular weight excluding hydrogens is 288 g/mol. The number of hydrogen-bond donors (Lipinski definition) is 3. The third-order valence-corrected chi connectivity index (χ3v) is 4.69. The lowest BCUT2D eigenvalue weighted by Gasteiger charge is -2.17. The molecule has 0 aromatic heterocycles. The summed E-state index contributed by atoms with van der Waals surface area (Å²) in [6.07, 6.45) is 2.44. The minimum absolute atomic E-state index is 0.0474. The molecule has 0 aliphatic heterocycles. The number of amides is 2. The topological polar surface area (TPSA) is 61.4 Å². The van der Waals surface area contributed by atoms with Crippen molar-refractivity contribution in [3.05, 3.63) is 48.0 Å². The first-order chi connectivity index (χ1) is 11.1. The highest BCUT2D eigenvalue weighted by molar-refractivity contribution is 5.83. The first-order valence-electron chi connectivity index (χ1n) is 8.33. The highest BCUT2D eigenvalue weighted by Gasteiger charge is 2.23. The molecule has 2 aromatic carbocycles. The van der Waals surface area contributed by atoms with Crippen LogP contribution in [0.15, 0.2) is 42.5 Å². The van der Waals surface area contributed by atoms with Crippen LogP contribution in [0.2, 0.25) is 0 Å². The fraction of sp³-hybridized carbons (Fsp3) is 0.421. The van der Waals surface area contributed by atoms with Crippen LogP contribution in [0.5, 0.6) is 0 Å². The molecule has 3 atom stereocenters. The molecule has 0 heterocycles. The summed E-state index contributed by atoms with van der Waals surface area (Å²) < 4.78 is 0. The van der Waals surface area contributed by atoms with Gasteiger partial charge in [-0.15, -0.1) is 0 Å². The van der Waals surface area contributed by atoms with Gasteiger partial charge in [-0.3, -0.25) is 0 Å². The van der Waals surface area contributed by atoms with Crippen LogP contribution in [-0.4, -0.2) is 23.8 Å². The number of fused-ring (bicyclic) bond motifs is 1. The molecule has 122 valence electrons. The van der Waals surface area contributed by atoms with Crippen LogP contribution >= 0.6 is 0 Å². The van der Waals surface area contributed by atoms with E-state index in [0.717, 1.165) is 24.8 Å². The Morgan fingerprint density at radius 2 is 2.00 bits per heavy atom. The number of aliphatic hydroxyl groups is 1. The summed E-state index contributed by atoms with van der Waals surface area (Å²) >= 11 is 0. The van der Waals surface area contributed by atoms with Gasteiger partial charge < -0.3 is 15.7 Å². The van der Waals surface area contributed by atoms with Gasteiger partial charge in [-0.05, 0) is 54.5 Å². The number of rotatable bonds is 4. The van der Waals surface area contributed by atoms with Crippen LogP contribution in [0.3, 0.4) is 0 Å². The Morgan fingerprint density at radius 3 is 2.74 bits per heavy atom. The molecule has 3 rings (SSSR count). The largest absolute Gasteiger partial charge is 0.393 e. The highest BCUT2D eigenvalue weighted by atomic mass is 16.3. The molecule has 4 heteroatoms. The van der Waals surface area contributed by atoms with Crippen molar-refractivity contribution < 1.29 is 9.90 Å². The molecule has 2 aromatic rings. The van der Waals surface area contributed by atoms with Crippen molar-refractivity contribution in [2.45, 2.75) is 38.3 Å².